The van der Waals surface area contributed by atoms with E-state index in [1.807, 2.05) is 11.3 Å². The van der Waals surface area contributed by atoms with Gasteiger partial charge in [-0.25, -0.2) is 0 Å². The highest BCUT2D eigenvalue weighted by molar-refractivity contribution is 7.27. The number of hydrogen-bond donors (Lipinski definition) is 1. The van der Waals surface area contributed by atoms with Gasteiger partial charge in [-0.1, -0.05) is 98.8 Å². The summed E-state index contributed by atoms with van der Waals surface area (Å²) in [4.78, 5) is 3.68. The van der Waals surface area contributed by atoms with E-state index in [1.165, 1.54) is 80.9 Å². The van der Waals surface area contributed by atoms with Gasteiger partial charge >= 0.3 is 0 Å². The van der Waals surface area contributed by atoms with Crippen molar-refractivity contribution < 1.29 is 0 Å². The van der Waals surface area contributed by atoms with Gasteiger partial charge in [-0.15, -0.1) is 11.3 Å². The molecule has 0 amide bonds. The molecule has 0 saturated carbocycles. The SMILES string of the molecule is C/C=C/c1cc2[nH]c3ccccc3c2c2sc3c(-c4ccc5c(c4)C(C)(C)c4ccccc4-5)cccc3c12. The van der Waals surface area contributed by atoms with Gasteiger partial charge in [0.05, 0.1) is 0 Å². The molecule has 0 saturated heterocycles. The van der Waals surface area contributed by atoms with Crippen molar-refractivity contribution in [1.29, 1.82) is 0 Å². The minimum absolute atomic E-state index is 0.00864. The van der Waals surface area contributed by atoms with E-state index in [2.05, 4.69) is 129 Å². The first-order valence-electron chi connectivity index (χ1n) is 13.3. The predicted octanol–water partition coefficient (Wildman–Crippen LogP) is 10.7. The third-order valence-electron chi connectivity index (χ3n) is 8.51. The molecule has 0 bridgehead atoms. The summed E-state index contributed by atoms with van der Waals surface area (Å²) in [5.41, 5.74) is 11.9. The zero-order valence-corrected chi connectivity index (χ0v) is 22.5. The fraction of sp³-hybridized carbons (Fsp3) is 0.111. The first-order chi connectivity index (χ1) is 18.6. The molecule has 0 aliphatic heterocycles. The molecule has 2 heteroatoms. The number of hydrogen-bond acceptors (Lipinski definition) is 1. The van der Waals surface area contributed by atoms with Crippen molar-refractivity contribution in [3.05, 3.63) is 114 Å². The van der Waals surface area contributed by atoms with Crippen molar-refractivity contribution in [3.63, 3.8) is 0 Å². The summed E-state index contributed by atoms with van der Waals surface area (Å²) in [5, 5.41) is 5.33. The molecule has 2 aromatic heterocycles. The standard InChI is InChI=1S/C36H27NS/c1-4-10-22-20-31-33(26-12-6-8-16-30(26)37-31)35-32(22)27-14-9-13-23(34(27)38-35)21-17-18-25-24-11-5-7-15-28(24)36(2,3)29(25)19-21/h4-20,37H,1-3H3/b10-4+. The van der Waals surface area contributed by atoms with Crippen LogP contribution in [0.5, 0.6) is 0 Å². The molecule has 182 valence electrons. The fourth-order valence-electron chi connectivity index (χ4n) is 6.74. The van der Waals surface area contributed by atoms with E-state index in [0.29, 0.717) is 0 Å². The lowest BCUT2D eigenvalue weighted by Gasteiger charge is -2.22. The predicted molar refractivity (Wildman–Crippen MR) is 166 cm³/mol. The third kappa shape index (κ3) is 2.81. The lowest BCUT2D eigenvalue weighted by atomic mass is 9.81. The van der Waals surface area contributed by atoms with Gasteiger partial charge in [0.1, 0.15) is 0 Å². The van der Waals surface area contributed by atoms with Gasteiger partial charge in [0, 0.05) is 47.4 Å². The Bertz CT molecular complexity index is 2120. The average molecular weight is 506 g/mol. The monoisotopic (exact) mass is 505 g/mol. The van der Waals surface area contributed by atoms with E-state index in [1.54, 1.807) is 0 Å². The van der Waals surface area contributed by atoms with Crippen LogP contribution in [0.25, 0.3) is 70.3 Å². The average Bonchev–Trinajstić information content (AvgIpc) is 3.57. The van der Waals surface area contributed by atoms with Gasteiger partial charge in [0.15, 0.2) is 0 Å². The second-order valence-corrected chi connectivity index (χ2v) is 12.0. The van der Waals surface area contributed by atoms with Gasteiger partial charge in [-0.3, -0.25) is 0 Å². The molecule has 0 radical (unpaired) electrons. The molecule has 0 unspecified atom stereocenters. The number of rotatable bonds is 2. The van der Waals surface area contributed by atoms with Crippen LogP contribution in [0.15, 0.2) is 97.1 Å². The number of nitrogens with one attached hydrogen (secondary N) is 1. The molecule has 0 atom stereocenters. The number of allylic oxidation sites excluding steroid dienone is 1. The molecule has 5 aromatic carbocycles. The highest BCUT2D eigenvalue weighted by Gasteiger charge is 2.35. The van der Waals surface area contributed by atoms with Crippen LogP contribution in [0.1, 0.15) is 37.5 Å². The summed E-state index contributed by atoms with van der Waals surface area (Å²) in [6.45, 7) is 6.82. The van der Waals surface area contributed by atoms with E-state index < -0.39 is 0 Å². The Morgan fingerprint density at radius 1 is 0.658 bits per heavy atom. The number of benzene rings is 5. The molecule has 1 aliphatic carbocycles. The molecule has 2 heterocycles. The number of para-hydroxylation sites is 1. The van der Waals surface area contributed by atoms with Crippen LogP contribution < -0.4 is 0 Å². The zero-order valence-electron chi connectivity index (χ0n) is 21.7. The maximum absolute atomic E-state index is 3.68. The van der Waals surface area contributed by atoms with Gasteiger partial charge in [-0.2, -0.15) is 0 Å². The Hall–Kier alpha value is -4.14. The number of thiophene rings is 1. The maximum atomic E-state index is 3.68. The van der Waals surface area contributed by atoms with Crippen molar-refractivity contribution in [3.8, 4) is 22.3 Å². The Kier molecular flexibility index (Phi) is 4.43. The largest absolute Gasteiger partial charge is 0.354 e. The lowest BCUT2D eigenvalue weighted by molar-refractivity contribution is 0.660. The van der Waals surface area contributed by atoms with Crippen LogP contribution in [-0.2, 0) is 5.41 Å². The Morgan fingerprint density at radius 3 is 2.32 bits per heavy atom. The van der Waals surface area contributed by atoms with Crippen molar-refractivity contribution >= 4 is 59.4 Å². The van der Waals surface area contributed by atoms with E-state index in [4.69, 9.17) is 0 Å². The van der Waals surface area contributed by atoms with Crippen molar-refractivity contribution in [2.24, 2.45) is 0 Å². The van der Waals surface area contributed by atoms with Crippen LogP contribution in [0.4, 0.5) is 0 Å². The van der Waals surface area contributed by atoms with E-state index >= 15 is 0 Å². The highest BCUT2D eigenvalue weighted by atomic mass is 32.1. The third-order valence-corrected chi connectivity index (χ3v) is 9.76. The summed E-state index contributed by atoms with van der Waals surface area (Å²) in [6, 6.07) is 33.8. The maximum Gasteiger partial charge on any atom is 0.0485 e. The van der Waals surface area contributed by atoms with Crippen LogP contribution in [0, 0.1) is 0 Å². The molecule has 38 heavy (non-hydrogen) atoms. The van der Waals surface area contributed by atoms with E-state index in [9.17, 15) is 0 Å². The van der Waals surface area contributed by atoms with Crippen LogP contribution in [0.2, 0.25) is 0 Å². The minimum Gasteiger partial charge on any atom is -0.354 e. The Morgan fingerprint density at radius 2 is 1.42 bits per heavy atom. The van der Waals surface area contributed by atoms with Gasteiger partial charge in [0.2, 0.25) is 0 Å². The molecule has 1 nitrogen and oxygen atoms in total. The van der Waals surface area contributed by atoms with Crippen molar-refractivity contribution in [2.45, 2.75) is 26.2 Å². The summed E-state index contributed by atoms with van der Waals surface area (Å²) in [7, 11) is 0. The quantitative estimate of drug-likeness (QED) is 0.240. The van der Waals surface area contributed by atoms with Crippen LogP contribution >= 0.6 is 11.3 Å². The van der Waals surface area contributed by atoms with Crippen molar-refractivity contribution in [2.75, 3.05) is 0 Å². The number of aromatic nitrogens is 1. The molecule has 0 spiro atoms. The van der Waals surface area contributed by atoms with Gasteiger partial charge < -0.3 is 4.98 Å². The normalized spacial score (nSPS) is 14.3. The number of aromatic amines is 1. The Labute approximate surface area is 226 Å². The van der Waals surface area contributed by atoms with E-state index in [0.717, 1.165) is 0 Å². The molecule has 7 aromatic rings. The minimum atomic E-state index is -0.00864. The number of fused-ring (bicyclic) bond motifs is 10. The lowest BCUT2D eigenvalue weighted by Crippen LogP contribution is -2.14. The summed E-state index contributed by atoms with van der Waals surface area (Å²) >= 11 is 1.94. The molecule has 1 aliphatic rings. The van der Waals surface area contributed by atoms with Crippen molar-refractivity contribution in [1.82, 2.24) is 4.98 Å². The van der Waals surface area contributed by atoms with Gasteiger partial charge in [-0.05, 0) is 64.1 Å². The Balaban J connectivity index is 1.44. The molecule has 8 rings (SSSR count). The zero-order chi connectivity index (χ0) is 25.6. The fourth-order valence-corrected chi connectivity index (χ4v) is 8.17. The second kappa shape index (κ2) is 7.69. The highest BCUT2D eigenvalue weighted by Crippen LogP contribution is 2.51. The topological polar surface area (TPSA) is 15.8 Å². The molecule has 1 N–H and O–H groups in total. The molecular weight excluding hydrogens is 478 g/mol. The second-order valence-electron chi connectivity index (χ2n) is 11.0. The summed E-state index contributed by atoms with van der Waals surface area (Å²) in [5.74, 6) is 0. The van der Waals surface area contributed by atoms with E-state index in [-0.39, 0.29) is 5.41 Å². The summed E-state index contributed by atoms with van der Waals surface area (Å²) in [6.07, 6.45) is 4.40. The summed E-state index contributed by atoms with van der Waals surface area (Å²) < 4.78 is 2.73. The number of H-pyrrole nitrogens is 1. The van der Waals surface area contributed by atoms with Crippen LogP contribution in [0.3, 0.4) is 0 Å². The first-order valence-corrected chi connectivity index (χ1v) is 14.1. The molecule has 0 fully saturated rings. The first kappa shape index (κ1) is 21.9. The van der Waals surface area contributed by atoms with Gasteiger partial charge in [0.25, 0.3) is 0 Å². The van der Waals surface area contributed by atoms with Crippen LogP contribution in [-0.4, -0.2) is 4.98 Å². The smallest absolute Gasteiger partial charge is 0.0485 e. The molecular formula is C36H27NS.